The van der Waals surface area contributed by atoms with E-state index >= 15 is 0 Å². The van der Waals surface area contributed by atoms with Crippen molar-refractivity contribution in [1.82, 2.24) is 0 Å². The second-order valence-corrected chi connectivity index (χ2v) is 3.66. The molecule has 0 bridgehead atoms. The Kier molecular flexibility index (Phi) is 2.23. The lowest BCUT2D eigenvalue weighted by atomic mass is 9.98. The molecule has 2 nitrogen and oxygen atoms in total. The smallest absolute Gasteiger partial charge is 0.119 e. The molecule has 70 valence electrons. The van der Waals surface area contributed by atoms with Crippen LogP contribution in [0.2, 0.25) is 0 Å². The zero-order chi connectivity index (χ0) is 9.26. The van der Waals surface area contributed by atoms with Gasteiger partial charge in [-0.15, -0.1) is 0 Å². The van der Waals surface area contributed by atoms with Crippen LogP contribution in [0.1, 0.15) is 29.9 Å². The highest BCUT2D eigenvalue weighted by Crippen LogP contribution is 2.39. The Balaban J connectivity index is 2.32. The summed E-state index contributed by atoms with van der Waals surface area (Å²) in [4.78, 5) is 0. The van der Waals surface area contributed by atoms with Gasteiger partial charge >= 0.3 is 0 Å². The zero-order valence-corrected chi connectivity index (χ0v) is 7.66. The number of benzene rings is 1. The highest BCUT2D eigenvalue weighted by molar-refractivity contribution is 5.44. The van der Waals surface area contributed by atoms with Gasteiger partial charge < -0.3 is 10.8 Å². The normalized spacial score (nSPS) is 20.2. The van der Waals surface area contributed by atoms with Crippen molar-refractivity contribution in [1.29, 1.82) is 0 Å². The SMILES string of the molecule is NCCC1CCc2c(O)cccc21. The van der Waals surface area contributed by atoms with E-state index in [1.807, 2.05) is 6.07 Å². The molecule has 2 heteroatoms. The molecule has 2 rings (SSSR count). The molecule has 3 N–H and O–H groups in total. The van der Waals surface area contributed by atoms with Crippen LogP contribution in [0.15, 0.2) is 18.2 Å². The van der Waals surface area contributed by atoms with Crippen LogP contribution in [0.5, 0.6) is 5.75 Å². The molecule has 1 aromatic carbocycles. The average Bonchev–Trinajstić information content (AvgIpc) is 2.51. The first-order valence-corrected chi connectivity index (χ1v) is 4.83. The maximum absolute atomic E-state index is 9.59. The summed E-state index contributed by atoms with van der Waals surface area (Å²) in [5.74, 6) is 1.03. The molecule has 0 radical (unpaired) electrons. The third-order valence-electron chi connectivity index (χ3n) is 2.89. The van der Waals surface area contributed by atoms with Crippen molar-refractivity contribution >= 4 is 0 Å². The summed E-state index contributed by atoms with van der Waals surface area (Å²) in [5.41, 5.74) is 7.99. The lowest BCUT2D eigenvalue weighted by Gasteiger charge is -2.09. The second kappa shape index (κ2) is 3.38. The average molecular weight is 177 g/mol. The van der Waals surface area contributed by atoms with Crippen LogP contribution < -0.4 is 5.73 Å². The third-order valence-corrected chi connectivity index (χ3v) is 2.89. The number of fused-ring (bicyclic) bond motifs is 1. The summed E-state index contributed by atoms with van der Waals surface area (Å²) in [5, 5.41) is 9.59. The topological polar surface area (TPSA) is 46.2 Å². The minimum atomic E-state index is 0.456. The molecule has 1 atom stereocenters. The predicted molar refractivity (Wildman–Crippen MR) is 52.8 cm³/mol. The Morgan fingerprint density at radius 2 is 2.31 bits per heavy atom. The van der Waals surface area contributed by atoms with Crippen LogP contribution >= 0.6 is 0 Å². The Labute approximate surface area is 78.4 Å². The summed E-state index contributed by atoms with van der Waals surface area (Å²) in [7, 11) is 0. The molecule has 0 saturated heterocycles. The van der Waals surface area contributed by atoms with Crippen molar-refractivity contribution in [2.24, 2.45) is 5.73 Å². The molecule has 0 heterocycles. The van der Waals surface area contributed by atoms with Crippen LogP contribution in [-0.2, 0) is 6.42 Å². The van der Waals surface area contributed by atoms with E-state index in [1.54, 1.807) is 6.07 Å². The van der Waals surface area contributed by atoms with Crippen LogP contribution in [0.25, 0.3) is 0 Å². The fraction of sp³-hybridized carbons (Fsp3) is 0.455. The first kappa shape index (κ1) is 8.57. The quantitative estimate of drug-likeness (QED) is 0.723. The number of phenolic OH excluding ortho intramolecular Hbond substituents is 1. The number of phenols is 1. The Morgan fingerprint density at radius 1 is 1.46 bits per heavy atom. The molecule has 0 spiro atoms. The van der Waals surface area contributed by atoms with Crippen molar-refractivity contribution < 1.29 is 5.11 Å². The molecular weight excluding hydrogens is 162 g/mol. The summed E-state index contributed by atoms with van der Waals surface area (Å²) in [6.45, 7) is 0.736. The largest absolute Gasteiger partial charge is 0.508 e. The monoisotopic (exact) mass is 177 g/mol. The van der Waals surface area contributed by atoms with E-state index in [2.05, 4.69) is 6.07 Å². The first-order chi connectivity index (χ1) is 6.33. The summed E-state index contributed by atoms with van der Waals surface area (Å²) < 4.78 is 0. The van der Waals surface area contributed by atoms with Gasteiger partial charge in [0.1, 0.15) is 5.75 Å². The van der Waals surface area contributed by atoms with Crippen molar-refractivity contribution in [3.05, 3.63) is 29.3 Å². The van der Waals surface area contributed by atoms with Gasteiger partial charge in [-0.3, -0.25) is 0 Å². The van der Waals surface area contributed by atoms with Crippen LogP contribution in [0, 0.1) is 0 Å². The Hall–Kier alpha value is -1.02. The van der Waals surface area contributed by atoms with E-state index < -0.39 is 0 Å². The maximum atomic E-state index is 9.59. The molecular formula is C11H15NO. The standard InChI is InChI=1S/C11H15NO/c12-7-6-8-4-5-10-9(8)2-1-3-11(10)13/h1-3,8,13H,4-7,12H2. The van der Waals surface area contributed by atoms with Crippen LogP contribution in [-0.4, -0.2) is 11.7 Å². The Morgan fingerprint density at radius 3 is 3.08 bits per heavy atom. The van der Waals surface area contributed by atoms with Gasteiger partial charge in [0.15, 0.2) is 0 Å². The van der Waals surface area contributed by atoms with Crippen molar-refractivity contribution in [3.8, 4) is 5.75 Å². The van der Waals surface area contributed by atoms with Gasteiger partial charge in [0.2, 0.25) is 0 Å². The molecule has 1 aliphatic carbocycles. The number of hydrogen-bond donors (Lipinski definition) is 2. The maximum Gasteiger partial charge on any atom is 0.119 e. The lowest BCUT2D eigenvalue weighted by molar-refractivity contribution is 0.469. The molecule has 0 saturated carbocycles. The molecule has 0 aliphatic heterocycles. The fourth-order valence-electron chi connectivity index (χ4n) is 2.22. The summed E-state index contributed by atoms with van der Waals surface area (Å²) in [6.07, 6.45) is 3.19. The predicted octanol–water partition coefficient (Wildman–Crippen LogP) is 1.77. The van der Waals surface area contributed by atoms with E-state index in [9.17, 15) is 5.11 Å². The van der Waals surface area contributed by atoms with Gasteiger partial charge in [-0.2, -0.15) is 0 Å². The minimum Gasteiger partial charge on any atom is -0.508 e. The summed E-state index contributed by atoms with van der Waals surface area (Å²) >= 11 is 0. The number of hydrogen-bond acceptors (Lipinski definition) is 2. The van der Waals surface area contributed by atoms with Crippen LogP contribution in [0.4, 0.5) is 0 Å². The molecule has 1 aliphatic rings. The number of aromatic hydroxyl groups is 1. The molecule has 0 fully saturated rings. The van der Waals surface area contributed by atoms with E-state index in [-0.39, 0.29) is 0 Å². The van der Waals surface area contributed by atoms with Crippen molar-refractivity contribution in [2.75, 3.05) is 6.54 Å². The van der Waals surface area contributed by atoms with Gasteiger partial charge in [0, 0.05) is 0 Å². The Bertz CT molecular complexity index is 309. The number of nitrogens with two attached hydrogens (primary N) is 1. The first-order valence-electron chi connectivity index (χ1n) is 4.83. The third kappa shape index (κ3) is 1.42. The van der Waals surface area contributed by atoms with Gasteiger partial charge in [0.05, 0.1) is 0 Å². The van der Waals surface area contributed by atoms with Crippen molar-refractivity contribution in [3.63, 3.8) is 0 Å². The fourth-order valence-corrected chi connectivity index (χ4v) is 2.22. The van der Waals surface area contributed by atoms with Gasteiger partial charge in [-0.05, 0) is 48.9 Å². The van der Waals surface area contributed by atoms with E-state index in [1.165, 1.54) is 5.56 Å². The van der Waals surface area contributed by atoms with Gasteiger partial charge in [0.25, 0.3) is 0 Å². The summed E-state index contributed by atoms with van der Waals surface area (Å²) in [6, 6.07) is 5.80. The van der Waals surface area contributed by atoms with Gasteiger partial charge in [-0.1, -0.05) is 12.1 Å². The highest BCUT2D eigenvalue weighted by Gasteiger charge is 2.23. The number of rotatable bonds is 2. The van der Waals surface area contributed by atoms with Gasteiger partial charge in [-0.25, -0.2) is 0 Å². The highest BCUT2D eigenvalue weighted by atomic mass is 16.3. The molecule has 1 aromatic rings. The molecule has 0 amide bonds. The van der Waals surface area contributed by atoms with Crippen molar-refractivity contribution in [2.45, 2.75) is 25.2 Å². The van der Waals surface area contributed by atoms with E-state index in [0.29, 0.717) is 11.7 Å². The van der Waals surface area contributed by atoms with E-state index in [4.69, 9.17) is 5.73 Å². The lowest BCUT2D eigenvalue weighted by Crippen LogP contribution is -2.04. The van der Waals surface area contributed by atoms with E-state index in [0.717, 1.165) is 31.4 Å². The molecule has 0 aromatic heterocycles. The minimum absolute atomic E-state index is 0.456. The molecule has 13 heavy (non-hydrogen) atoms. The second-order valence-electron chi connectivity index (χ2n) is 3.66. The molecule has 1 unspecified atom stereocenters. The van der Waals surface area contributed by atoms with Crippen LogP contribution in [0.3, 0.4) is 0 Å². The zero-order valence-electron chi connectivity index (χ0n) is 7.66.